The van der Waals surface area contributed by atoms with Crippen LogP contribution in [0.5, 0.6) is 0 Å². The lowest BCUT2D eigenvalue weighted by molar-refractivity contribution is -0.139. The molecule has 1 aromatic carbocycles. The summed E-state index contributed by atoms with van der Waals surface area (Å²) in [4.78, 5) is 10.8. The van der Waals surface area contributed by atoms with Crippen molar-refractivity contribution in [2.45, 2.75) is 36.6 Å². The number of thioether (sulfide) groups is 1. The molecule has 0 heterocycles. The van der Waals surface area contributed by atoms with Crippen molar-refractivity contribution >= 4 is 17.7 Å². The number of alkyl halides is 3. The van der Waals surface area contributed by atoms with Crippen LogP contribution in [0.1, 0.15) is 25.0 Å². The number of nitrogens with two attached hydrogens (primary N) is 1. The molecular weight excluding hydrogens is 291 g/mol. The van der Waals surface area contributed by atoms with E-state index in [1.54, 1.807) is 13.8 Å². The van der Waals surface area contributed by atoms with Crippen molar-refractivity contribution in [3.05, 3.63) is 35.4 Å². The third kappa shape index (κ3) is 4.42. The van der Waals surface area contributed by atoms with Crippen molar-refractivity contribution in [2.24, 2.45) is 5.73 Å². The third-order valence-electron chi connectivity index (χ3n) is 2.91. The summed E-state index contributed by atoms with van der Waals surface area (Å²) in [7, 11) is 0. The second-order valence-corrected chi connectivity index (χ2v) is 6.53. The molecule has 0 aliphatic rings. The fraction of sp³-hybridized carbons (Fsp3) is 0.462. The average molecular weight is 307 g/mol. The van der Waals surface area contributed by atoms with E-state index in [2.05, 4.69) is 0 Å². The molecule has 0 radical (unpaired) electrons. The van der Waals surface area contributed by atoms with Gasteiger partial charge in [-0.3, -0.25) is 4.79 Å². The van der Waals surface area contributed by atoms with Crippen molar-refractivity contribution in [1.29, 1.82) is 0 Å². The lowest BCUT2D eigenvalue weighted by atomic mass is 10.1. The maximum absolute atomic E-state index is 12.4. The SMILES string of the molecule is CC(C)(SCc1ccc(C(F)(F)F)cc1)[C@@H](N)C(=O)O. The molecule has 0 unspecified atom stereocenters. The van der Waals surface area contributed by atoms with Gasteiger partial charge < -0.3 is 10.8 Å². The van der Waals surface area contributed by atoms with Crippen LogP contribution in [0.15, 0.2) is 24.3 Å². The van der Waals surface area contributed by atoms with Crippen LogP contribution in [0.2, 0.25) is 0 Å². The molecule has 0 aliphatic carbocycles. The zero-order valence-corrected chi connectivity index (χ0v) is 11.9. The van der Waals surface area contributed by atoms with Crippen LogP contribution in [0.4, 0.5) is 13.2 Å². The Kier molecular flexibility index (Phi) is 5.10. The predicted octanol–water partition coefficient (Wildman–Crippen LogP) is 3.13. The quantitative estimate of drug-likeness (QED) is 0.877. The van der Waals surface area contributed by atoms with E-state index in [0.717, 1.165) is 12.1 Å². The summed E-state index contributed by atoms with van der Waals surface area (Å²) in [5.74, 6) is -0.707. The number of benzene rings is 1. The van der Waals surface area contributed by atoms with Crippen LogP contribution in [-0.4, -0.2) is 21.9 Å². The van der Waals surface area contributed by atoms with Crippen LogP contribution in [0, 0.1) is 0 Å². The summed E-state index contributed by atoms with van der Waals surface area (Å²) < 4.78 is 36.5. The Balaban J connectivity index is 2.69. The normalized spacial score (nSPS) is 14.1. The third-order valence-corrected chi connectivity index (χ3v) is 4.38. The molecule has 0 saturated carbocycles. The molecule has 20 heavy (non-hydrogen) atoms. The second-order valence-electron chi connectivity index (χ2n) is 4.90. The minimum Gasteiger partial charge on any atom is -0.480 e. The van der Waals surface area contributed by atoms with Gasteiger partial charge in [0.15, 0.2) is 0 Å². The zero-order chi connectivity index (χ0) is 15.6. The first-order chi connectivity index (χ1) is 9.04. The average Bonchev–Trinajstić information content (AvgIpc) is 2.35. The molecule has 1 aromatic rings. The highest BCUT2D eigenvalue weighted by Gasteiger charge is 2.33. The van der Waals surface area contributed by atoms with Crippen molar-refractivity contribution in [1.82, 2.24) is 0 Å². The van der Waals surface area contributed by atoms with Crippen molar-refractivity contribution in [2.75, 3.05) is 0 Å². The van der Waals surface area contributed by atoms with E-state index in [4.69, 9.17) is 10.8 Å². The predicted molar refractivity (Wildman–Crippen MR) is 72.4 cm³/mol. The standard InChI is InChI=1S/C13H16F3NO2S/c1-12(2,10(17)11(18)19)20-7-8-3-5-9(6-4-8)13(14,15)16/h3-6,10H,7,17H2,1-2H3,(H,18,19)/t10-/m0/s1. The summed E-state index contributed by atoms with van der Waals surface area (Å²) in [6.45, 7) is 3.39. The second kappa shape index (κ2) is 6.05. The summed E-state index contributed by atoms with van der Waals surface area (Å²) in [6, 6.07) is 3.76. The summed E-state index contributed by atoms with van der Waals surface area (Å²) >= 11 is 1.29. The molecule has 0 amide bonds. The van der Waals surface area contributed by atoms with Crippen LogP contribution >= 0.6 is 11.8 Å². The van der Waals surface area contributed by atoms with Crippen LogP contribution < -0.4 is 5.73 Å². The number of rotatable bonds is 5. The topological polar surface area (TPSA) is 63.3 Å². The van der Waals surface area contributed by atoms with Gasteiger partial charge in [0.25, 0.3) is 0 Å². The van der Waals surface area contributed by atoms with E-state index >= 15 is 0 Å². The summed E-state index contributed by atoms with van der Waals surface area (Å²) in [5, 5.41) is 8.88. The molecule has 0 fully saturated rings. The number of hydrogen-bond acceptors (Lipinski definition) is 3. The van der Waals surface area contributed by atoms with Crippen LogP contribution in [-0.2, 0) is 16.7 Å². The number of aliphatic carboxylic acids is 1. The van der Waals surface area contributed by atoms with E-state index in [0.29, 0.717) is 11.3 Å². The Labute approximate surface area is 119 Å². The number of carboxylic acids is 1. The van der Waals surface area contributed by atoms with Gasteiger partial charge in [0.1, 0.15) is 6.04 Å². The molecule has 1 atom stereocenters. The summed E-state index contributed by atoms with van der Waals surface area (Å²) in [5.41, 5.74) is 5.56. The van der Waals surface area contributed by atoms with E-state index in [1.165, 1.54) is 23.9 Å². The molecule has 1 rings (SSSR count). The van der Waals surface area contributed by atoms with Crippen LogP contribution in [0.25, 0.3) is 0 Å². The van der Waals surface area contributed by atoms with Gasteiger partial charge in [-0.1, -0.05) is 12.1 Å². The van der Waals surface area contributed by atoms with Crippen molar-refractivity contribution < 1.29 is 23.1 Å². The first kappa shape index (κ1) is 16.8. The lowest BCUT2D eigenvalue weighted by Gasteiger charge is -2.28. The van der Waals surface area contributed by atoms with Gasteiger partial charge in [-0.05, 0) is 31.5 Å². The van der Waals surface area contributed by atoms with E-state index in [1.807, 2.05) is 0 Å². The number of halogens is 3. The van der Waals surface area contributed by atoms with Crippen LogP contribution in [0.3, 0.4) is 0 Å². The zero-order valence-electron chi connectivity index (χ0n) is 11.1. The van der Waals surface area contributed by atoms with Gasteiger partial charge >= 0.3 is 12.1 Å². The molecule has 0 spiro atoms. The Bertz CT molecular complexity index is 471. The maximum atomic E-state index is 12.4. The molecule has 112 valence electrons. The highest BCUT2D eigenvalue weighted by atomic mass is 32.2. The van der Waals surface area contributed by atoms with Gasteiger partial charge in [-0.25, -0.2) is 0 Å². The maximum Gasteiger partial charge on any atom is 0.416 e. The number of hydrogen-bond donors (Lipinski definition) is 2. The minimum atomic E-state index is -4.35. The van der Waals surface area contributed by atoms with E-state index < -0.39 is 28.5 Å². The van der Waals surface area contributed by atoms with E-state index in [-0.39, 0.29) is 0 Å². The molecule has 0 aromatic heterocycles. The Hall–Kier alpha value is -1.21. The van der Waals surface area contributed by atoms with E-state index in [9.17, 15) is 18.0 Å². The first-order valence-electron chi connectivity index (χ1n) is 5.82. The smallest absolute Gasteiger partial charge is 0.416 e. The fourth-order valence-electron chi connectivity index (χ4n) is 1.45. The lowest BCUT2D eigenvalue weighted by Crippen LogP contribution is -2.46. The first-order valence-corrected chi connectivity index (χ1v) is 6.81. The number of carbonyl (C=O) groups is 1. The van der Waals surface area contributed by atoms with Gasteiger partial charge in [-0.15, -0.1) is 11.8 Å². The highest BCUT2D eigenvalue weighted by molar-refractivity contribution is 7.99. The highest BCUT2D eigenvalue weighted by Crippen LogP contribution is 2.32. The fourth-order valence-corrected chi connectivity index (χ4v) is 2.46. The Morgan fingerprint density at radius 2 is 1.80 bits per heavy atom. The van der Waals surface area contributed by atoms with Crippen molar-refractivity contribution in [3.63, 3.8) is 0 Å². The Morgan fingerprint density at radius 3 is 2.20 bits per heavy atom. The largest absolute Gasteiger partial charge is 0.480 e. The van der Waals surface area contributed by atoms with Gasteiger partial charge in [0, 0.05) is 10.5 Å². The molecular formula is C13H16F3NO2S. The van der Waals surface area contributed by atoms with Gasteiger partial charge in [0.2, 0.25) is 0 Å². The Morgan fingerprint density at radius 1 is 1.30 bits per heavy atom. The monoisotopic (exact) mass is 307 g/mol. The molecule has 3 N–H and O–H groups in total. The number of carboxylic acid groups (broad SMARTS) is 1. The molecule has 7 heteroatoms. The molecule has 0 aliphatic heterocycles. The minimum absolute atomic E-state index is 0.395. The summed E-state index contributed by atoms with van der Waals surface area (Å²) in [6.07, 6.45) is -4.35. The van der Waals surface area contributed by atoms with Crippen molar-refractivity contribution in [3.8, 4) is 0 Å². The van der Waals surface area contributed by atoms with Gasteiger partial charge in [-0.2, -0.15) is 13.2 Å². The molecule has 0 saturated heterocycles. The van der Waals surface area contributed by atoms with Gasteiger partial charge in [0.05, 0.1) is 5.56 Å². The molecule has 0 bridgehead atoms. The molecule has 3 nitrogen and oxygen atoms in total.